The summed E-state index contributed by atoms with van der Waals surface area (Å²) in [6, 6.07) is -0.307. The molecule has 0 spiro atoms. The van der Waals surface area contributed by atoms with Crippen LogP contribution in [0.5, 0.6) is 0 Å². The molecular formula is C9H17N3O2S. The SMILES string of the molecule is Cc1nccn1CCS(=O)(=O)CC(C)N. The maximum atomic E-state index is 11.5. The van der Waals surface area contributed by atoms with E-state index in [2.05, 4.69) is 4.98 Å². The topological polar surface area (TPSA) is 78.0 Å². The molecule has 86 valence electrons. The number of hydrogen-bond acceptors (Lipinski definition) is 4. The summed E-state index contributed by atoms with van der Waals surface area (Å²) in [5, 5.41) is 0. The Balaban J connectivity index is 2.54. The lowest BCUT2D eigenvalue weighted by atomic mass is 10.4. The van der Waals surface area contributed by atoms with Gasteiger partial charge in [-0.2, -0.15) is 0 Å². The van der Waals surface area contributed by atoms with Crippen LogP contribution in [0.1, 0.15) is 12.7 Å². The Kier molecular flexibility index (Phi) is 3.87. The van der Waals surface area contributed by atoms with Crippen LogP contribution in [0.15, 0.2) is 12.4 Å². The van der Waals surface area contributed by atoms with E-state index in [-0.39, 0.29) is 17.5 Å². The van der Waals surface area contributed by atoms with Crippen molar-refractivity contribution >= 4 is 9.84 Å². The van der Waals surface area contributed by atoms with Crippen LogP contribution in [0, 0.1) is 6.92 Å². The van der Waals surface area contributed by atoms with Crippen LogP contribution in [0.4, 0.5) is 0 Å². The molecule has 1 heterocycles. The van der Waals surface area contributed by atoms with Crippen molar-refractivity contribution in [2.75, 3.05) is 11.5 Å². The lowest BCUT2D eigenvalue weighted by molar-refractivity contribution is 0.582. The van der Waals surface area contributed by atoms with Crippen LogP contribution in [-0.2, 0) is 16.4 Å². The van der Waals surface area contributed by atoms with E-state index in [1.165, 1.54) is 0 Å². The first-order chi connectivity index (χ1) is 6.91. The van der Waals surface area contributed by atoms with Gasteiger partial charge in [-0.1, -0.05) is 0 Å². The van der Waals surface area contributed by atoms with Gasteiger partial charge in [0.1, 0.15) is 5.82 Å². The van der Waals surface area contributed by atoms with Crippen LogP contribution in [-0.4, -0.2) is 35.5 Å². The van der Waals surface area contributed by atoms with Gasteiger partial charge in [-0.15, -0.1) is 0 Å². The lowest BCUT2D eigenvalue weighted by Crippen LogP contribution is -2.28. The molecule has 15 heavy (non-hydrogen) atoms. The number of hydrogen-bond donors (Lipinski definition) is 1. The van der Waals surface area contributed by atoms with Crippen molar-refractivity contribution in [2.45, 2.75) is 26.4 Å². The number of sulfone groups is 1. The van der Waals surface area contributed by atoms with Crippen molar-refractivity contribution in [2.24, 2.45) is 5.73 Å². The summed E-state index contributed by atoms with van der Waals surface area (Å²) in [5.41, 5.74) is 5.46. The van der Waals surface area contributed by atoms with E-state index >= 15 is 0 Å². The summed E-state index contributed by atoms with van der Waals surface area (Å²) < 4.78 is 24.9. The molecule has 6 heteroatoms. The summed E-state index contributed by atoms with van der Waals surface area (Å²) >= 11 is 0. The van der Waals surface area contributed by atoms with Gasteiger partial charge in [0.25, 0.3) is 0 Å². The molecule has 0 saturated heterocycles. The van der Waals surface area contributed by atoms with E-state index in [4.69, 9.17) is 5.73 Å². The molecule has 0 aromatic carbocycles. The fourth-order valence-corrected chi connectivity index (χ4v) is 2.80. The van der Waals surface area contributed by atoms with Gasteiger partial charge in [-0.3, -0.25) is 0 Å². The molecule has 1 aromatic heterocycles. The third-order valence-corrected chi connectivity index (χ3v) is 3.92. The first-order valence-corrected chi connectivity index (χ1v) is 6.66. The number of aryl methyl sites for hydroxylation is 2. The van der Waals surface area contributed by atoms with Gasteiger partial charge in [-0.25, -0.2) is 13.4 Å². The summed E-state index contributed by atoms with van der Waals surface area (Å²) in [4.78, 5) is 4.02. The smallest absolute Gasteiger partial charge is 0.153 e. The van der Waals surface area contributed by atoms with Crippen LogP contribution >= 0.6 is 0 Å². The zero-order valence-electron chi connectivity index (χ0n) is 9.05. The first-order valence-electron chi connectivity index (χ1n) is 4.84. The molecule has 0 saturated carbocycles. The largest absolute Gasteiger partial charge is 0.334 e. The van der Waals surface area contributed by atoms with Crippen molar-refractivity contribution in [1.82, 2.24) is 9.55 Å². The molecule has 1 unspecified atom stereocenters. The van der Waals surface area contributed by atoms with Crippen LogP contribution in [0.2, 0.25) is 0 Å². The van der Waals surface area contributed by atoms with Gasteiger partial charge in [0.2, 0.25) is 0 Å². The molecule has 0 fully saturated rings. The van der Waals surface area contributed by atoms with Gasteiger partial charge in [0, 0.05) is 25.0 Å². The monoisotopic (exact) mass is 231 g/mol. The highest BCUT2D eigenvalue weighted by atomic mass is 32.2. The van der Waals surface area contributed by atoms with E-state index < -0.39 is 9.84 Å². The average molecular weight is 231 g/mol. The molecule has 1 atom stereocenters. The Bertz CT molecular complexity index is 409. The molecule has 0 aliphatic rings. The fourth-order valence-electron chi connectivity index (χ4n) is 1.36. The van der Waals surface area contributed by atoms with Crippen LogP contribution < -0.4 is 5.73 Å². The lowest BCUT2D eigenvalue weighted by Gasteiger charge is -2.08. The molecule has 0 aliphatic heterocycles. The number of nitrogens with two attached hydrogens (primary N) is 1. The minimum atomic E-state index is -3.05. The quantitative estimate of drug-likeness (QED) is 0.771. The summed E-state index contributed by atoms with van der Waals surface area (Å²) in [7, 11) is -3.05. The van der Waals surface area contributed by atoms with Crippen LogP contribution in [0.25, 0.3) is 0 Å². The number of rotatable bonds is 5. The van der Waals surface area contributed by atoms with Crippen molar-refractivity contribution in [1.29, 1.82) is 0 Å². The Morgan fingerprint density at radius 3 is 2.73 bits per heavy atom. The molecule has 0 amide bonds. The molecular weight excluding hydrogens is 214 g/mol. The second-order valence-corrected chi connectivity index (χ2v) is 5.99. The van der Waals surface area contributed by atoms with Crippen molar-refractivity contribution in [3.63, 3.8) is 0 Å². The predicted molar refractivity (Wildman–Crippen MR) is 59.3 cm³/mol. The molecule has 0 aliphatic carbocycles. The maximum Gasteiger partial charge on any atom is 0.153 e. The Morgan fingerprint density at radius 2 is 2.27 bits per heavy atom. The van der Waals surface area contributed by atoms with Gasteiger partial charge >= 0.3 is 0 Å². The van der Waals surface area contributed by atoms with E-state index in [0.717, 1.165) is 5.82 Å². The second-order valence-electron chi connectivity index (χ2n) is 3.76. The third kappa shape index (κ3) is 4.01. The van der Waals surface area contributed by atoms with Crippen molar-refractivity contribution in [3.05, 3.63) is 18.2 Å². The fraction of sp³-hybridized carbons (Fsp3) is 0.667. The third-order valence-electron chi connectivity index (χ3n) is 2.08. The summed E-state index contributed by atoms with van der Waals surface area (Å²) in [6.07, 6.45) is 3.43. The van der Waals surface area contributed by atoms with Gasteiger partial charge in [-0.05, 0) is 13.8 Å². The predicted octanol–water partition coefficient (Wildman–Crippen LogP) is -0.0465. The number of nitrogens with zero attached hydrogens (tertiary/aromatic N) is 2. The minimum absolute atomic E-state index is 0.0424. The van der Waals surface area contributed by atoms with E-state index in [9.17, 15) is 8.42 Å². The highest BCUT2D eigenvalue weighted by Crippen LogP contribution is 1.99. The second kappa shape index (κ2) is 4.76. The van der Waals surface area contributed by atoms with Gasteiger partial charge in [0.05, 0.1) is 11.5 Å². The van der Waals surface area contributed by atoms with E-state index in [1.54, 1.807) is 19.3 Å². The number of aromatic nitrogens is 2. The normalized spacial score (nSPS) is 14.1. The number of imidazole rings is 1. The zero-order valence-corrected chi connectivity index (χ0v) is 9.87. The average Bonchev–Trinajstić information content (AvgIpc) is 2.45. The molecule has 0 bridgehead atoms. The van der Waals surface area contributed by atoms with Crippen LogP contribution in [0.3, 0.4) is 0 Å². The maximum absolute atomic E-state index is 11.5. The van der Waals surface area contributed by atoms with E-state index in [0.29, 0.717) is 6.54 Å². The molecule has 1 aromatic rings. The molecule has 5 nitrogen and oxygen atoms in total. The van der Waals surface area contributed by atoms with Crippen molar-refractivity contribution < 1.29 is 8.42 Å². The minimum Gasteiger partial charge on any atom is -0.334 e. The highest BCUT2D eigenvalue weighted by molar-refractivity contribution is 7.91. The van der Waals surface area contributed by atoms with Gasteiger partial charge in [0.15, 0.2) is 9.84 Å². The Hall–Kier alpha value is -0.880. The van der Waals surface area contributed by atoms with E-state index in [1.807, 2.05) is 11.5 Å². The standard InChI is InChI=1S/C9H17N3O2S/c1-8(10)7-15(13,14)6-5-12-4-3-11-9(12)2/h3-4,8H,5-7,10H2,1-2H3. The first kappa shape index (κ1) is 12.2. The molecule has 2 N–H and O–H groups in total. The van der Waals surface area contributed by atoms with Crippen molar-refractivity contribution in [3.8, 4) is 0 Å². The summed E-state index contributed by atoms with van der Waals surface area (Å²) in [5.74, 6) is 0.984. The highest BCUT2D eigenvalue weighted by Gasteiger charge is 2.13. The molecule has 1 rings (SSSR count). The zero-order chi connectivity index (χ0) is 11.5. The van der Waals surface area contributed by atoms with Gasteiger partial charge < -0.3 is 10.3 Å². The summed E-state index contributed by atoms with van der Waals surface area (Å²) in [6.45, 7) is 3.99. The Labute approximate surface area is 90.2 Å². The Morgan fingerprint density at radius 1 is 1.60 bits per heavy atom. The molecule has 0 radical (unpaired) electrons.